The van der Waals surface area contributed by atoms with Gasteiger partial charge in [-0.2, -0.15) is 0 Å². The van der Waals surface area contributed by atoms with Gasteiger partial charge < -0.3 is 4.84 Å². The Morgan fingerprint density at radius 1 is 1.12 bits per heavy atom. The second-order valence-electron chi connectivity index (χ2n) is 5.32. The molecule has 0 radical (unpaired) electrons. The summed E-state index contributed by atoms with van der Waals surface area (Å²) < 4.78 is 1.23. The third-order valence-electron chi connectivity index (χ3n) is 3.61. The molecule has 24 heavy (non-hydrogen) atoms. The predicted molar refractivity (Wildman–Crippen MR) is 94.2 cm³/mol. The average molecular weight is 342 g/mol. The summed E-state index contributed by atoms with van der Waals surface area (Å²) in [7, 11) is 1.63. The number of aromatic nitrogens is 2. The van der Waals surface area contributed by atoms with Gasteiger partial charge in [-0.15, -0.1) is 4.73 Å². The van der Waals surface area contributed by atoms with Crippen molar-refractivity contribution in [2.75, 3.05) is 11.9 Å². The highest BCUT2D eigenvalue weighted by atomic mass is 35.5. The van der Waals surface area contributed by atoms with Gasteiger partial charge >= 0.3 is 6.09 Å². The lowest BCUT2D eigenvalue weighted by Gasteiger charge is -2.17. The monoisotopic (exact) mass is 341 g/mol. The molecule has 0 N–H and O–H groups in total. The smallest absolute Gasteiger partial charge is 0.314 e. The number of halogens is 1. The van der Waals surface area contributed by atoms with Crippen molar-refractivity contribution in [3.05, 3.63) is 71.6 Å². The molecule has 0 saturated carbocycles. The number of carbonyl (C=O) groups excluding carboxylic acids is 1. The number of anilines is 1. The van der Waals surface area contributed by atoms with E-state index in [1.165, 1.54) is 9.63 Å². The van der Waals surface area contributed by atoms with Gasteiger partial charge in [0.05, 0.1) is 6.20 Å². The van der Waals surface area contributed by atoms with Gasteiger partial charge in [0.15, 0.2) is 0 Å². The number of amides is 1. The topological polar surface area (TPSA) is 47.4 Å². The molecule has 6 heteroatoms. The highest BCUT2D eigenvalue weighted by Crippen LogP contribution is 2.23. The van der Waals surface area contributed by atoms with Crippen molar-refractivity contribution in [2.24, 2.45) is 0 Å². The summed E-state index contributed by atoms with van der Waals surface area (Å²) in [6, 6.07) is 17.0. The molecule has 0 atom stereocenters. The van der Waals surface area contributed by atoms with Crippen molar-refractivity contribution < 1.29 is 9.63 Å². The Bertz CT molecular complexity index is 844. The second-order valence-corrected chi connectivity index (χ2v) is 5.66. The van der Waals surface area contributed by atoms with Crippen LogP contribution in [0.5, 0.6) is 0 Å². The van der Waals surface area contributed by atoms with Crippen molar-refractivity contribution in [3.8, 4) is 11.3 Å². The van der Waals surface area contributed by atoms with E-state index in [4.69, 9.17) is 16.4 Å². The standard InChI is InChI=1S/C18H16ClN3O2/c1-13-8-10-14(11-9-13)16-12-20-17(19)22(16)24-18(23)21(2)15-6-4-3-5-7-15/h3-12H,1-2H3. The lowest BCUT2D eigenvalue weighted by molar-refractivity contribution is 0.143. The fourth-order valence-corrected chi connectivity index (χ4v) is 2.39. The van der Waals surface area contributed by atoms with Crippen LogP contribution in [0.25, 0.3) is 11.3 Å². The fraction of sp³-hybridized carbons (Fsp3) is 0.111. The van der Waals surface area contributed by atoms with Crippen LogP contribution in [-0.4, -0.2) is 22.9 Å². The fourth-order valence-electron chi connectivity index (χ4n) is 2.22. The number of carbonyl (C=O) groups is 1. The number of para-hydroxylation sites is 1. The molecule has 0 aliphatic heterocycles. The van der Waals surface area contributed by atoms with Crippen LogP contribution in [-0.2, 0) is 0 Å². The summed E-state index contributed by atoms with van der Waals surface area (Å²) in [5, 5.41) is 0.0837. The van der Waals surface area contributed by atoms with E-state index in [9.17, 15) is 4.79 Å². The van der Waals surface area contributed by atoms with Gasteiger partial charge in [-0.25, -0.2) is 9.78 Å². The van der Waals surface area contributed by atoms with Crippen molar-refractivity contribution in [1.82, 2.24) is 9.71 Å². The van der Waals surface area contributed by atoms with E-state index in [1.807, 2.05) is 61.5 Å². The SMILES string of the molecule is Cc1ccc(-c2cnc(Cl)n2OC(=O)N(C)c2ccccc2)cc1. The molecule has 0 fully saturated rings. The quantitative estimate of drug-likeness (QED) is 0.717. The van der Waals surface area contributed by atoms with Gasteiger partial charge in [0.25, 0.3) is 0 Å². The van der Waals surface area contributed by atoms with Crippen LogP contribution in [0, 0.1) is 6.92 Å². The Labute approximate surface area is 145 Å². The molecule has 0 aliphatic carbocycles. The minimum atomic E-state index is -0.561. The maximum Gasteiger partial charge on any atom is 0.438 e. The second kappa shape index (κ2) is 6.76. The molecule has 5 nitrogen and oxygen atoms in total. The van der Waals surface area contributed by atoms with E-state index in [1.54, 1.807) is 13.2 Å². The van der Waals surface area contributed by atoms with E-state index >= 15 is 0 Å². The van der Waals surface area contributed by atoms with Crippen LogP contribution >= 0.6 is 11.6 Å². The third-order valence-corrected chi connectivity index (χ3v) is 3.86. The first-order valence-electron chi connectivity index (χ1n) is 7.37. The van der Waals surface area contributed by atoms with E-state index in [0.29, 0.717) is 5.69 Å². The molecule has 1 amide bonds. The van der Waals surface area contributed by atoms with E-state index in [-0.39, 0.29) is 5.28 Å². The zero-order valence-electron chi connectivity index (χ0n) is 13.3. The van der Waals surface area contributed by atoms with Gasteiger partial charge in [-0.1, -0.05) is 48.0 Å². The maximum atomic E-state index is 12.4. The Balaban J connectivity index is 1.86. The number of benzene rings is 2. The lowest BCUT2D eigenvalue weighted by Crippen LogP contribution is -2.34. The van der Waals surface area contributed by atoms with Gasteiger partial charge in [0.2, 0.25) is 5.28 Å². The Morgan fingerprint density at radius 2 is 1.79 bits per heavy atom. The summed E-state index contributed by atoms with van der Waals surface area (Å²) in [6.07, 6.45) is 1.01. The minimum absolute atomic E-state index is 0.0837. The van der Waals surface area contributed by atoms with Crippen LogP contribution in [0.1, 0.15) is 5.56 Å². The molecule has 0 saturated heterocycles. The van der Waals surface area contributed by atoms with Crippen molar-refractivity contribution in [1.29, 1.82) is 0 Å². The molecule has 0 aliphatic rings. The van der Waals surface area contributed by atoms with Crippen LogP contribution in [0.15, 0.2) is 60.8 Å². The Morgan fingerprint density at radius 3 is 2.46 bits per heavy atom. The van der Waals surface area contributed by atoms with Crippen molar-refractivity contribution in [3.63, 3.8) is 0 Å². The summed E-state index contributed by atoms with van der Waals surface area (Å²) in [5.41, 5.74) is 3.32. The first kappa shape index (κ1) is 16.1. The van der Waals surface area contributed by atoms with E-state index in [0.717, 1.165) is 16.8 Å². The highest BCUT2D eigenvalue weighted by molar-refractivity contribution is 6.28. The van der Waals surface area contributed by atoms with Gasteiger partial charge in [-0.3, -0.25) is 4.90 Å². The summed E-state index contributed by atoms with van der Waals surface area (Å²) >= 11 is 6.08. The van der Waals surface area contributed by atoms with Crippen LogP contribution in [0.2, 0.25) is 5.28 Å². The highest BCUT2D eigenvalue weighted by Gasteiger charge is 2.18. The number of rotatable bonds is 3. The molecule has 3 aromatic rings. The zero-order valence-corrected chi connectivity index (χ0v) is 14.1. The normalized spacial score (nSPS) is 10.5. The average Bonchev–Trinajstić information content (AvgIpc) is 2.96. The Hall–Kier alpha value is -2.79. The minimum Gasteiger partial charge on any atom is -0.314 e. The number of hydrogen-bond acceptors (Lipinski definition) is 3. The number of nitrogens with zero attached hydrogens (tertiary/aromatic N) is 3. The molecule has 3 rings (SSSR count). The van der Waals surface area contributed by atoms with Crippen LogP contribution in [0.4, 0.5) is 10.5 Å². The lowest BCUT2D eigenvalue weighted by atomic mass is 10.1. The predicted octanol–water partition coefficient (Wildman–Crippen LogP) is 4.20. The molecule has 0 spiro atoms. The number of aryl methyl sites for hydroxylation is 1. The van der Waals surface area contributed by atoms with Crippen molar-refractivity contribution in [2.45, 2.75) is 6.92 Å². The zero-order chi connectivity index (χ0) is 17.1. The molecule has 2 aromatic carbocycles. The van der Waals surface area contributed by atoms with E-state index in [2.05, 4.69) is 4.98 Å². The molecular weight excluding hydrogens is 326 g/mol. The van der Waals surface area contributed by atoms with Gasteiger partial charge in [0, 0.05) is 18.3 Å². The first-order chi connectivity index (χ1) is 11.6. The van der Waals surface area contributed by atoms with Gasteiger partial charge in [0.1, 0.15) is 5.69 Å². The molecule has 0 bridgehead atoms. The summed E-state index contributed by atoms with van der Waals surface area (Å²) in [4.78, 5) is 23.3. The summed E-state index contributed by atoms with van der Waals surface area (Å²) in [5.74, 6) is 0. The summed E-state index contributed by atoms with van der Waals surface area (Å²) in [6.45, 7) is 2.00. The van der Waals surface area contributed by atoms with Crippen LogP contribution in [0.3, 0.4) is 0 Å². The molecule has 1 heterocycles. The van der Waals surface area contributed by atoms with Crippen LogP contribution < -0.4 is 9.74 Å². The molecular formula is C18H16ClN3O2. The number of imidazole rings is 1. The molecule has 122 valence electrons. The van der Waals surface area contributed by atoms with E-state index < -0.39 is 6.09 Å². The molecule has 1 aromatic heterocycles. The van der Waals surface area contributed by atoms with Crippen molar-refractivity contribution >= 4 is 23.4 Å². The largest absolute Gasteiger partial charge is 0.438 e. The first-order valence-corrected chi connectivity index (χ1v) is 7.75. The Kier molecular flexibility index (Phi) is 4.53. The third kappa shape index (κ3) is 3.26. The molecule has 0 unspecified atom stereocenters. The van der Waals surface area contributed by atoms with Gasteiger partial charge in [-0.05, 0) is 30.7 Å². The maximum absolute atomic E-state index is 12.4. The number of hydrogen-bond donors (Lipinski definition) is 0.